The molecule has 0 aliphatic carbocycles. The lowest BCUT2D eigenvalue weighted by Crippen LogP contribution is -2.31. The number of hydrogen-bond donors (Lipinski definition) is 1. The van der Waals surface area contributed by atoms with Gasteiger partial charge in [-0.3, -0.25) is 0 Å². The molecule has 3 rings (SSSR count). The first-order valence-corrected chi connectivity index (χ1v) is 14.6. The average Bonchev–Trinajstić information content (AvgIpc) is 3.21. The van der Waals surface area contributed by atoms with E-state index < -0.39 is 22.1 Å². The molecule has 1 aromatic heterocycles. The minimum Gasteiger partial charge on any atom is -0.461 e. The summed E-state index contributed by atoms with van der Waals surface area (Å²) in [7, 11) is -4.14. The summed E-state index contributed by atoms with van der Waals surface area (Å²) >= 11 is 1.40. The summed E-state index contributed by atoms with van der Waals surface area (Å²) in [5, 5.41) is 0.631. The van der Waals surface area contributed by atoms with Crippen LogP contribution in [-0.2, 0) is 32.5 Å². The van der Waals surface area contributed by atoms with Crippen LogP contribution in [0.4, 0.5) is 4.79 Å². The SMILES string of the molecule is CCCc1nc(SC)c(C(=O)OCC)n1Cc1ccc(-c2ccccc2S(=O)(=O)NC(=O)OCC)cc1. The number of nitrogens with zero attached hydrogens (tertiary/aromatic N) is 2. The van der Waals surface area contributed by atoms with Crippen LogP contribution in [0.15, 0.2) is 58.5 Å². The minimum absolute atomic E-state index is 0.0372. The number of benzene rings is 2. The summed E-state index contributed by atoms with van der Waals surface area (Å²) in [6, 6.07) is 13.8. The summed E-state index contributed by atoms with van der Waals surface area (Å²) in [6.07, 6.45) is 2.43. The second-order valence-electron chi connectivity index (χ2n) is 7.96. The Bertz CT molecular complexity index is 1350. The molecule has 37 heavy (non-hydrogen) atoms. The number of sulfonamides is 1. The van der Waals surface area contributed by atoms with Gasteiger partial charge in [0.05, 0.1) is 18.1 Å². The normalized spacial score (nSPS) is 11.2. The maximum absolute atomic E-state index is 12.8. The number of aromatic nitrogens is 2. The van der Waals surface area contributed by atoms with Crippen LogP contribution >= 0.6 is 11.8 Å². The van der Waals surface area contributed by atoms with E-state index in [9.17, 15) is 18.0 Å². The molecule has 0 aliphatic rings. The van der Waals surface area contributed by atoms with Crippen LogP contribution in [0.3, 0.4) is 0 Å². The van der Waals surface area contributed by atoms with Gasteiger partial charge in [-0.25, -0.2) is 27.7 Å². The maximum atomic E-state index is 12.8. The van der Waals surface area contributed by atoms with Crippen LogP contribution in [0.1, 0.15) is 49.1 Å². The summed E-state index contributed by atoms with van der Waals surface area (Å²) < 4.78 is 39.5. The van der Waals surface area contributed by atoms with Crippen molar-refractivity contribution in [3.63, 3.8) is 0 Å². The van der Waals surface area contributed by atoms with Crippen LogP contribution in [0.5, 0.6) is 0 Å². The first-order valence-electron chi connectivity index (χ1n) is 11.9. The van der Waals surface area contributed by atoms with E-state index in [2.05, 4.69) is 11.9 Å². The van der Waals surface area contributed by atoms with Crippen molar-refractivity contribution in [3.8, 4) is 11.1 Å². The molecule has 0 spiro atoms. The molecule has 0 atom stereocenters. The first kappa shape index (κ1) is 28.3. The molecule has 0 aliphatic heterocycles. The Labute approximate surface area is 221 Å². The van der Waals surface area contributed by atoms with Gasteiger partial charge in [-0.15, -0.1) is 11.8 Å². The van der Waals surface area contributed by atoms with E-state index >= 15 is 0 Å². The number of nitrogens with one attached hydrogen (secondary N) is 1. The number of ether oxygens (including phenoxy) is 2. The summed E-state index contributed by atoms with van der Waals surface area (Å²) in [6.45, 7) is 6.14. The maximum Gasteiger partial charge on any atom is 0.421 e. The Morgan fingerprint density at radius 3 is 2.30 bits per heavy atom. The first-order chi connectivity index (χ1) is 17.7. The standard InChI is InChI=1S/C26H31N3O6S2/c1-5-10-22-27-24(36-4)23(25(30)34-6-2)29(22)17-18-13-15-19(16-14-18)20-11-8-9-12-21(20)37(32,33)28-26(31)35-7-3/h8-9,11-16H,5-7,10,17H2,1-4H3,(H,28,31). The average molecular weight is 546 g/mol. The number of carbonyl (C=O) groups excluding carboxylic acids is 2. The van der Waals surface area contributed by atoms with Crippen molar-refractivity contribution in [2.75, 3.05) is 19.5 Å². The summed E-state index contributed by atoms with van der Waals surface area (Å²) in [5.74, 6) is 0.395. The van der Waals surface area contributed by atoms with Crippen LogP contribution in [0.2, 0.25) is 0 Å². The highest BCUT2D eigenvalue weighted by atomic mass is 32.2. The van der Waals surface area contributed by atoms with Crippen molar-refractivity contribution in [3.05, 3.63) is 65.6 Å². The second-order valence-corrected chi connectivity index (χ2v) is 10.4. The zero-order valence-corrected chi connectivity index (χ0v) is 22.9. The Kier molecular flexibility index (Phi) is 9.76. The number of amides is 1. The molecular weight excluding hydrogens is 514 g/mol. The molecule has 0 fully saturated rings. The van der Waals surface area contributed by atoms with Gasteiger partial charge >= 0.3 is 12.1 Å². The fourth-order valence-electron chi connectivity index (χ4n) is 3.84. The fourth-order valence-corrected chi connectivity index (χ4v) is 5.54. The monoisotopic (exact) mass is 545 g/mol. The summed E-state index contributed by atoms with van der Waals surface area (Å²) in [5.41, 5.74) is 2.44. The van der Waals surface area contributed by atoms with E-state index in [-0.39, 0.29) is 18.1 Å². The molecule has 3 aromatic rings. The number of hydrogen-bond acceptors (Lipinski definition) is 8. The molecule has 11 heteroatoms. The Morgan fingerprint density at radius 1 is 1.00 bits per heavy atom. The fraction of sp³-hybridized carbons (Fsp3) is 0.346. The Balaban J connectivity index is 1.95. The van der Waals surface area contributed by atoms with Crippen molar-refractivity contribution in [1.29, 1.82) is 0 Å². The number of aryl methyl sites for hydroxylation is 1. The van der Waals surface area contributed by atoms with Crippen molar-refractivity contribution in [2.45, 2.75) is 50.1 Å². The predicted octanol–water partition coefficient (Wildman–Crippen LogP) is 4.88. The molecule has 1 amide bonds. The van der Waals surface area contributed by atoms with E-state index in [1.54, 1.807) is 32.0 Å². The lowest BCUT2D eigenvalue weighted by Gasteiger charge is -2.14. The van der Waals surface area contributed by atoms with Crippen molar-refractivity contribution in [2.24, 2.45) is 0 Å². The van der Waals surface area contributed by atoms with Crippen LogP contribution in [0.25, 0.3) is 11.1 Å². The number of esters is 1. The van der Waals surface area contributed by atoms with Crippen molar-refractivity contribution >= 4 is 33.8 Å². The van der Waals surface area contributed by atoms with E-state index in [4.69, 9.17) is 9.47 Å². The molecule has 0 saturated carbocycles. The van der Waals surface area contributed by atoms with Crippen molar-refractivity contribution < 1.29 is 27.5 Å². The number of imidazole rings is 1. The van der Waals surface area contributed by atoms with Gasteiger partial charge in [0.1, 0.15) is 10.9 Å². The smallest absolute Gasteiger partial charge is 0.421 e. The molecule has 0 bridgehead atoms. The van der Waals surface area contributed by atoms with Gasteiger partial charge in [0.15, 0.2) is 5.69 Å². The van der Waals surface area contributed by atoms with Gasteiger partial charge in [0, 0.05) is 18.5 Å². The van der Waals surface area contributed by atoms with Gasteiger partial charge in [-0.1, -0.05) is 49.4 Å². The minimum atomic E-state index is -4.14. The molecule has 0 radical (unpaired) electrons. The third-order valence-corrected chi connectivity index (χ3v) is 7.47. The lowest BCUT2D eigenvalue weighted by atomic mass is 10.0. The van der Waals surface area contributed by atoms with E-state index in [0.717, 1.165) is 17.8 Å². The molecule has 1 N–H and O–H groups in total. The molecule has 2 aromatic carbocycles. The Hall–Kier alpha value is -3.31. The highest BCUT2D eigenvalue weighted by Gasteiger charge is 2.24. The van der Waals surface area contributed by atoms with E-state index in [1.807, 2.05) is 39.8 Å². The van der Waals surface area contributed by atoms with E-state index in [1.165, 1.54) is 17.8 Å². The van der Waals surface area contributed by atoms with Gasteiger partial charge in [0.2, 0.25) is 0 Å². The highest BCUT2D eigenvalue weighted by Crippen LogP contribution is 2.29. The predicted molar refractivity (Wildman–Crippen MR) is 142 cm³/mol. The molecule has 9 nitrogen and oxygen atoms in total. The van der Waals surface area contributed by atoms with Crippen molar-refractivity contribution in [1.82, 2.24) is 14.3 Å². The topological polar surface area (TPSA) is 117 Å². The van der Waals surface area contributed by atoms with Gasteiger partial charge < -0.3 is 14.0 Å². The van der Waals surface area contributed by atoms with Crippen LogP contribution in [0, 0.1) is 0 Å². The van der Waals surface area contributed by atoms with Crippen LogP contribution in [-0.4, -0.2) is 49.5 Å². The molecule has 1 heterocycles. The third kappa shape index (κ3) is 6.72. The zero-order valence-electron chi connectivity index (χ0n) is 21.3. The molecular formula is C26H31N3O6S2. The van der Waals surface area contributed by atoms with Gasteiger partial charge in [-0.2, -0.15) is 0 Å². The largest absolute Gasteiger partial charge is 0.461 e. The van der Waals surface area contributed by atoms with Gasteiger partial charge in [-0.05, 0) is 43.7 Å². The Morgan fingerprint density at radius 2 is 1.68 bits per heavy atom. The number of thioether (sulfide) groups is 1. The van der Waals surface area contributed by atoms with Crippen LogP contribution < -0.4 is 4.72 Å². The van der Waals surface area contributed by atoms with E-state index in [0.29, 0.717) is 34.8 Å². The quantitative estimate of drug-likeness (QED) is 0.268. The molecule has 0 unspecified atom stereocenters. The number of carbonyl (C=O) groups is 2. The highest BCUT2D eigenvalue weighted by molar-refractivity contribution is 7.98. The second kappa shape index (κ2) is 12.8. The zero-order chi connectivity index (χ0) is 27.0. The molecule has 0 saturated heterocycles. The number of rotatable bonds is 11. The lowest BCUT2D eigenvalue weighted by molar-refractivity contribution is 0.0509. The summed E-state index contributed by atoms with van der Waals surface area (Å²) in [4.78, 5) is 29.1. The third-order valence-electron chi connectivity index (χ3n) is 5.43. The van der Waals surface area contributed by atoms with Gasteiger partial charge in [0.25, 0.3) is 10.0 Å². The molecule has 198 valence electrons.